The summed E-state index contributed by atoms with van der Waals surface area (Å²) in [5.74, 6) is -0.467. The van der Waals surface area contributed by atoms with E-state index < -0.39 is 6.10 Å². The molecule has 7 heteroatoms. The fourth-order valence-electron chi connectivity index (χ4n) is 3.97. The SMILES string of the molecule is CN1CCC(NC(=O)[C@H]2CC[C@@H](NC(=O)c3ccc(C#N)cc3)[C@H](O)C2)CC1. The summed E-state index contributed by atoms with van der Waals surface area (Å²) in [6, 6.07) is 8.25. The van der Waals surface area contributed by atoms with Crippen LogP contribution in [-0.2, 0) is 4.79 Å². The Morgan fingerprint density at radius 2 is 1.79 bits per heavy atom. The van der Waals surface area contributed by atoms with Gasteiger partial charge in [-0.25, -0.2) is 0 Å². The van der Waals surface area contributed by atoms with Crippen molar-refractivity contribution in [3.05, 3.63) is 35.4 Å². The van der Waals surface area contributed by atoms with Gasteiger partial charge in [0.2, 0.25) is 5.91 Å². The van der Waals surface area contributed by atoms with Gasteiger partial charge >= 0.3 is 0 Å². The second-order valence-electron chi connectivity index (χ2n) is 7.93. The van der Waals surface area contributed by atoms with Crippen molar-refractivity contribution in [3.8, 4) is 6.07 Å². The van der Waals surface area contributed by atoms with Crippen LogP contribution in [0.15, 0.2) is 24.3 Å². The molecule has 2 aliphatic rings. The second-order valence-corrected chi connectivity index (χ2v) is 7.93. The van der Waals surface area contributed by atoms with E-state index in [0.717, 1.165) is 25.9 Å². The van der Waals surface area contributed by atoms with Crippen molar-refractivity contribution in [3.63, 3.8) is 0 Å². The van der Waals surface area contributed by atoms with E-state index in [9.17, 15) is 14.7 Å². The summed E-state index contributed by atoms with van der Waals surface area (Å²) in [6.45, 7) is 1.98. The zero-order chi connectivity index (χ0) is 20.1. The first kappa shape index (κ1) is 20.3. The molecule has 1 saturated carbocycles. The number of aliphatic hydroxyl groups is 1. The fourth-order valence-corrected chi connectivity index (χ4v) is 3.97. The molecule has 0 unspecified atom stereocenters. The van der Waals surface area contributed by atoms with Crippen LogP contribution in [0.25, 0.3) is 0 Å². The Morgan fingerprint density at radius 1 is 1.11 bits per heavy atom. The Morgan fingerprint density at radius 3 is 2.39 bits per heavy atom. The Kier molecular flexibility index (Phi) is 6.65. The number of nitriles is 1. The zero-order valence-corrected chi connectivity index (χ0v) is 16.2. The van der Waals surface area contributed by atoms with E-state index in [-0.39, 0.29) is 29.8 Å². The number of aliphatic hydroxyl groups excluding tert-OH is 1. The number of nitrogens with zero attached hydrogens (tertiary/aromatic N) is 2. The van der Waals surface area contributed by atoms with Crippen LogP contribution in [0.1, 0.15) is 48.0 Å². The molecule has 2 fully saturated rings. The standard InChI is InChI=1S/C21H28N4O3/c1-25-10-8-17(9-11-25)23-21(28)16-6-7-18(19(26)12-16)24-20(27)15-4-2-14(13-22)3-5-15/h2-5,16-19,26H,6-12H2,1H3,(H,23,28)(H,24,27)/t16-,18+,19+/m0/s1. The molecule has 2 amide bonds. The highest BCUT2D eigenvalue weighted by Gasteiger charge is 2.34. The number of hydrogen-bond acceptors (Lipinski definition) is 5. The molecule has 1 aromatic rings. The maximum Gasteiger partial charge on any atom is 0.251 e. The van der Waals surface area contributed by atoms with Crippen LogP contribution < -0.4 is 10.6 Å². The van der Waals surface area contributed by atoms with Crippen molar-refractivity contribution in [2.75, 3.05) is 20.1 Å². The molecule has 0 bridgehead atoms. The first-order valence-corrected chi connectivity index (χ1v) is 9.94. The first-order chi connectivity index (χ1) is 13.5. The predicted octanol–water partition coefficient (Wildman–Crippen LogP) is 1.03. The molecule has 0 spiro atoms. The number of likely N-dealkylation sites (tertiary alicyclic amines) is 1. The summed E-state index contributed by atoms with van der Waals surface area (Å²) < 4.78 is 0. The Balaban J connectivity index is 1.48. The molecule has 1 aromatic carbocycles. The van der Waals surface area contributed by atoms with Gasteiger partial charge in [-0.05, 0) is 76.5 Å². The molecule has 7 nitrogen and oxygen atoms in total. The van der Waals surface area contributed by atoms with Gasteiger partial charge < -0.3 is 20.6 Å². The van der Waals surface area contributed by atoms with Crippen LogP contribution in [0.3, 0.4) is 0 Å². The minimum atomic E-state index is -0.746. The molecule has 0 aromatic heterocycles. The van der Waals surface area contributed by atoms with E-state index in [4.69, 9.17) is 5.26 Å². The summed E-state index contributed by atoms with van der Waals surface area (Å²) in [7, 11) is 2.09. The van der Waals surface area contributed by atoms with Crippen LogP contribution in [0.4, 0.5) is 0 Å². The van der Waals surface area contributed by atoms with Gasteiger partial charge in [-0.3, -0.25) is 9.59 Å². The molecule has 1 saturated heterocycles. The van der Waals surface area contributed by atoms with Gasteiger partial charge in [-0.15, -0.1) is 0 Å². The number of carbonyl (C=O) groups excluding carboxylic acids is 2. The highest BCUT2D eigenvalue weighted by atomic mass is 16.3. The van der Waals surface area contributed by atoms with Crippen molar-refractivity contribution in [1.82, 2.24) is 15.5 Å². The Labute approximate surface area is 165 Å². The van der Waals surface area contributed by atoms with Crippen LogP contribution >= 0.6 is 0 Å². The number of benzene rings is 1. The minimum Gasteiger partial charge on any atom is -0.391 e. The van der Waals surface area contributed by atoms with Crippen LogP contribution in [-0.4, -0.2) is 60.1 Å². The average molecular weight is 384 g/mol. The first-order valence-electron chi connectivity index (χ1n) is 9.94. The zero-order valence-electron chi connectivity index (χ0n) is 16.2. The summed E-state index contributed by atoms with van der Waals surface area (Å²) >= 11 is 0. The lowest BCUT2D eigenvalue weighted by atomic mass is 9.83. The van der Waals surface area contributed by atoms with E-state index in [2.05, 4.69) is 22.6 Å². The highest BCUT2D eigenvalue weighted by Crippen LogP contribution is 2.26. The summed E-state index contributed by atoms with van der Waals surface area (Å²) in [5, 5.41) is 25.3. The molecule has 3 N–H and O–H groups in total. The van der Waals surface area contributed by atoms with Crippen LogP contribution in [0.2, 0.25) is 0 Å². The van der Waals surface area contributed by atoms with Gasteiger partial charge in [0.1, 0.15) is 0 Å². The molecule has 1 aliphatic heterocycles. The third-order valence-electron chi connectivity index (χ3n) is 5.85. The van der Waals surface area contributed by atoms with Gasteiger partial charge in [0.15, 0.2) is 0 Å². The highest BCUT2D eigenvalue weighted by molar-refractivity contribution is 5.94. The maximum absolute atomic E-state index is 12.6. The van der Waals surface area contributed by atoms with Crippen molar-refractivity contribution in [1.29, 1.82) is 5.26 Å². The lowest BCUT2D eigenvalue weighted by molar-refractivity contribution is -0.128. The molecule has 3 atom stereocenters. The number of carbonyl (C=O) groups is 2. The van der Waals surface area contributed by atoms with E-state index in [1.165, 1.54) is 0 Å². The number of hydrogen-bond donors (Lipinski definition) is 3. The van der Waals surface area contributed by atoms with E-state index in [1.807, 2.05) is 6.07 Å². The van der Waals surface area contributed by atoms with Gasteiger partial charge in [-0.1, -0.05) is 0 Å². The molecule has 3 rings (SSSR count). The van der Waals surface area contributed by atoms with E-state index in [1.54, 1.807) is 24.3 Å². The number of piperidine rings is 1. The van der Waals surface area contributed by atoms with Gasteiger partial charge in [0.25, 0.3) is 5.91 Å². The molecule has 1 heterocycles. The van der Waals surface area contributed by atoms with E-state index >= 15 is 0 Å². The minimum absolute atomic E-state index is 0.0190. The lowest BCUT2D eigenvalue weighted by Crippen LogP contribution is -2.51. The number of amides is 2. The average Bonchev–Trinajstić information content (AvgIpc) is 2.71. The maximum atomic E-state index is 12.6. The molecule has 0 radical (unpaired) electrons. The molecule has 150 valence electrons. The van der Waals surface area contributed by atoms with E-state index in [0.29, 0.717) is 30.4 Å². The van der Waals surface area contributed by atoms with Crippen LogP contribution in [0.5, 0.6) is 0 Å². The van der Waals surface area contributed by atoms with Crippen LogP contribution in [0, 0.1) is 17.2 Å². The van der Waals surface area contributed by atoms with Crippen molar-refractivity contribution >= 4 is 11.8 Å². The molecule has 1 aliphatic carbocycles. The Bertz CT molecular complexity index is 735. The molecular formula is C21H28N4O3. The predicted molar refractivity (Wildman–Crippen MR) is 104 cm³/mol. The number of nitrogens with one attached hydrogen (secondary N) is 2. The molecular weight excluding hydrogens is 356 g/mol. The normalized spacial score (nSPS) is 26.2. The quantitative estimate of drug-likeness (QED) is 0.719. The van der Waals surface area contributed by atoms with Gasteiger partial charge in [0.05, 0.1) is 23.8 Å². The lowest BCUT2D eigenvalue weighted by Gasteiger charge is -2.35. The second kappa shape index (κ2) is 9.18. The summed E-state index contributed by atoms with van der Waals surface area (Å²) in [5.41, 5.74) is 0.945. The smallest absolute Gasteiger partial charge is 0.251 e. The van der Waals surface area contributed by atoms with Gasteiger partial charge in [0, 0.05) is 17.5 Å². The van der Waals surface area contributed by atoms with Crippen molar-refractivity contribution in [2.24, 2.45) is 5.92 Å². The van der Waals surface area contributed by atoms with Gasteiger partial charge in [-0.2, -0.15) is 5.26 Å². The third-order valence-corrected chi connectivity index (χ3v) is 5.85. The monoisotopic (exact) mass is 384 g/mol. The van der Waals surface area contributed by atoms with Crippen molar-refractivity contribution < 1.29 is 14.7 Å². The molecule has 28 heavy (non-hydrogen) atoms. The number of rotatable bonds is 4. The fraction of sp³-hybridized carbons (Fsp3) is 0.571. The third kappa shape index (κ3) is 5.09. The van der Waals surface area contributed by atoms with Crippen molar-refractivity contribution in [2.45, 2.75) is 50.3 Å². The summed E-state index contributed by atoms with van der Waals surface area (Å²) in [4.78, 5) is 27.2. The Hall–Kier alpha value is -2.43. The largest absolute Gasteiger partial charge is 0.391 e. The topological polar surface area (TPSA) is 105 Å². The summed E-state index contributed by atoms with van der Waals surface area (Å²) in [6.07, 6.45) is 2.74.